The molecule has 0 aromatic rings. The Balaban J connectivity index is 2.29. The van der Waals surface area contributed by atoms with Crippen molar-refractivity contribution in [2.24, 2.45) is 0 Å². The summed E-state index contributed by atoms with van der Waals surface area (Å²) in [6, 6.07) is 0.704. The normalized spacial score (nSPS) is 26.1. The summed E-state index contributed by atoms with van der Waals surface area (Å²) in [7, 11) is 0. The first-order valence-electron chi connectivity index (χ1n) is 4.20. The van der Waals surface area contributed by atoms with Gasteiger partial charge in [-0.05, 0) is 19.5 Å². The quantitative estimate of drug-likeness (QED) is 0.587. The van der Waals surface area contributed by atoms with Gasteiger partial charge in [-0.25, -0.2) is 0 Å². The van der Waals surface area contributed by atoms with Crippen LogP contribution in [0.25, 0.3) is 0 Å². The molecule has 10 heavy (non-hydrogen) atoms. The van der Waals surface area contributed by atoms with Crippen LogP contribution in [-0.2, 0) is 4.74 Å². The highest BCUT2D eigenvalue weighted by atomic mass is 16.5. The molecule has 0 N–H and O–H groups in total. The van der Waals surface area contributed by atoms with Crippen molar-refractivity contribution in [2.75, 3.05) is 26.3 Å². The maximum atomic E-state index is 5.30. The molecule has 0 bridgehead atoms. The fourth-order valence-corrected chi connectivity index (χ4v) is 1.55. The summed E-state index contributed by atoms with van der Waals surface area (Å²) >= 11 is 0. The monoisotopic (exact) mass is 143 g/mol. The molecule has 0 spiro atoms. The highest BCUT2D eigenvalue weighted by molar-refractivity contribution is 4.73. The van der Waals surface area contributed by atoms with Gasteiger partial charge in [-0.2, -0.15) is 0 Å². The second-order valence-electron chi connectivity index (χ2n) is 2.74. The molecule has 0 aromatic carbocycles. The third-order valence-electron chi connectivity index (χ3n) is 2.23. The lowest BCUT2D eigenvalue weighted by molar-refractivity contribution is 0.151. The summed E-state index contributed by atoms with van der Waals surface area (Å²) in [4.78, 5) is 2.47. The summed E-state index contributed by atoms with van der Waals surface area (Å²) in [5.74, 6) is 0. The van der Waals surface area contributed by atoms with Crippen molar-refractivity contribution in [1.29, 1.82) is 0 Å². The summed E-state index contributed by atoms with van der Waals surface area (Å²) < 4.78 is 5.30. The van der Waals surface area contributed by atoms with Gasteiger partial charge in [0.05, 0.1) is 6.61 Å². The van der Waals surface area contributed by atoms with E-state index >= 15 is 0 Å². The van der Waals surface area contributed by atoms with Gasteiger partial charge in [0, 0.05) is 12.6 Å². The molecule has 60 valence electrons. The zero-order valence-corrected chi connectivity index (χ0v) is 6.97. The topological polar surface area (TPSA) is 12.5 Å². The molecule has 0 aromatic heterocycles. The van der Waals surface area contributed by atoms with E-state index in [0.717, 1.165) is 26.3 Å². The third-order valence-corrected chi connectivity index (χ3v) is 2.23. The lowest BCUT2D eigenvalue weighted by Crippen LogP contribution is -2.35. The number of ether oxygens (including phenoxy) is 1. The second kappa shape index (κ2) is 3.94. The molecule has 1 aliphatic heterocycles. The van der Waals surface area contributed by atoms with Gasteiger partial charge in [-0.3, -0.25) is 4.90 Å². The number of hydrogen-bond acceptors (Lipinski definition) is 2. The van der Waals surface area contributed by atoms with Crippen molar-refractivity contribution >= 4 is 0 Å². The number of rotatable bonds is 3. The Bertz CT molecular complexity index is 85.3. The molecule has 0 amide bonds. The van der Waals surface area contributed by atoms with E-state index in [9.17, 15) is 0 Å². The molecule has 1 heterocycles. The van der Waals surface area contributed by atoms with Gasteiger partial charge in [-0.15, -0.1) is 0 Å². The molecule has 1 rings (SSSR count). The first-order chi connectivity index (χ1) is 4.88. The van der Waals surface area contributed by atoms with Crippen LogP contribution in [0, 0.1) is 0 Å². The Labute approximate surface area is 63.2 Å². The van der Waals surface area contributed by atoms with Crippen molar-refractivity contribution in [1.82, 2.24) is 4.90 Å². The van der Waals surface area contributed by atoms with Crippen molar-refractivity contribution in [2.45, 2.75) is 26.3 Å². The minimum Gasteiger partial charge on any atom is -0.380 e. The predicted molar refractivity (Wildman–Crippen MR) is 42.1 cm³/mol. The summed E-state index contributed by atoms with van der Waals surface area (Å²) in [5.41, 5.74) is 0. The molecule has 0 unspecified atom stereocenters. The minimum atomic E-state index is 0.704. The Morgan fingerprint density at radius 2 is 2.10 bits per heavy atom. The van der Waals surface area contributed by atoms with E-state index in [1.54, 1.807) is 0 Å². The van der Waals surface area contributed by atoms with Crippen LogP contribution in [0.3, 0.4) is 0 Å². The molecule has 1 atom stereocenters. The van der Waals surface area contributed by atoms with Crippen molar-refractivity contribution in [3.63, 3.8) is 0 Å². The van der Waals surface area contributed by atoms with Crippen LogP contribution in [0.15, 0.2) is 0 Å². The van der Waals surface area contributed by atoms with Crippen LogP contribution < -0.4 is 0 Å². The molecule has 1 saturated heterocycles. The van der Waals surface area contributed by atoms with Gasteiger partial charge in [-0.1, -0.05) is 13.8 Å². The van der Waals surface area contributed by atoms with E-state index in [1.165, 1.54) is 6.42 Å². The van der Waals surface area contributed by atoms with Crippen LogP contribution in [0.5, 0.6) is 0 Å². The fraction of sp³-hybridized carbons (Fsp3) is 1.00. The SMILES string of the molecule is CCN(CC)[C@@H]1CCOC1. The van der Waals surface area contributed by atoms with Crippen LogP contribution in [0.2, 0.25) is 0 Å². The summed E-state index contributed by atoms with van der Waals surface area (Å²) in [5, 5.41) is 0. The molecular formula is C8H17NO. The maximum Gasteiger partial charge on any atom is 0.0622 e. The smallest absolute Gasteiger partial charge is 0.0622 e. The zero-order valence-electron chi connectivity index (χ0n) is 6.97. The van der Waals surface area contributed by atoms with E-state index in [2.05, 4.69) is 18.7 Å². The zero-order chi connectivity index (χ0) is 7.40. The van der Waals surface area contributed by atoms with Gasteiger partial charge in [0.2, 0.25) is 0 Å². The molecule has 1 aliphatic rings. The van der Waals surface area contributed by atoms with Gasteiger partial charge in [0.25, 0.3) is 0 Å². The van der Waals surface area contributed by atoms with Crippen molar-refractivity contribution < 1.29 is 4.74 Å². The largest absolute Gasteiger partial charge is 0.380 e. The van der Waals surface area contributed by atoms with Gasteiger partial charge in [0.1, 0.15) is 0 Å². The Morgan fingerprint density at radius 3 is 2.50 bits per heavy atom. The van der Waals surface area contributed by atoms with E-state index in [4.69, 9.17) is 4.74 Å². The third kappa shape index (κ3) is 1.70. The van der Waals surface area contributed by atoms with Crippen LogP contribution in [-0.4, -0.2) is 37.2 Å². The van der Waals surface area contributed by atoms with Crippen LogP contribution >= 0.6 is 0 Å². The maximum absolute atomic E-state index is 5.30. The first kappa shape index (κ1) is 8.02. The van der Waals surface area contributed by atoms with Crippen molar-refractivity contribution in [3.05, 3.63) is 0 Å². The molecular weight excluding hydrogens is 126 g/mol. The van der Waals surface area contributed by atoms with E-state index in [-0.39, 0.29) is 0 Å². The van der Waals surface area contributed by atoms with Crippen LogP contribution in [0.4, 0.5) is 0 Å². The number of hydrogen-bond donors (Lipinski definition) is 0. The first-order valence-corrected chi connectivity index (χ1v) is 4.20. The van der Waals surface area contributed by atoms with Gasteiger partial charge < -0.3 is 4.74 Å². The standard InChI is InChI=1S/C8H17NO/c1-3-9(4-2)8-5-6-10-7-8/h8H,3-7H2,1-2H3/t8-/m1/s1. The van der Waals surface area contributed by atoms with Gasteiger partial charge >= 0.3 is 0 Å². The van der Waals surface area contributed by atoms with E-state index in [1.807, 2.05) is 0 Å². The highest BCUT2D eigenvalue weighted by Crippen LogP contribution is 2.10. The van der Waals surface area contributed by atoms with E-state index < -0.39 is 0 Å². The minimum absolute atomic E-state index is 0.704. The fourth-order valence-electron chi connectivity index (χ4n) is 1.55. The van der Waals surface area contributed by atoms with Gasteiger partial charge in [0.15, 0.2) is 0 Å². The predicted octanol–water partition coefficient (Wildman–Crippen LogP) is 1.12. The molecule has 0 aliphatic carbocycles. The lowest BCUT2D eigenvalue weighted by atomic mass is 10.2. The molecule has 1 fully saturated rings. The van der Waals surface area contributed by atoms with Crippen molar-refractivity contribution in [3.8, 4) is 0 Å². The number of likely N-dealkylation sites (N-methyl/N-ethyl adjacent to an activating group) is 1. The molecule has 2 heteroatoms. The number of nitrogens with zero attached hydrogens (tertiary/aromatic N) is 1. The Kier molecular flexibility index (Phi) is 3.16. The average molecular weight is 143 g/mol. The van der Waals surface area contributed by atoms with E-state index in [0.29, 0.717) is 6.04 Å². The molecule has 2 nitrogen and oxygen atoms in total. The van der Waals surface area contributed by atoms with Crippen LogP contribution in [0.1, 0.15) is 20.3 Å². The Hall–Kier alpha value is -0.0800. The lowest BCUT2D eigenvalue weighted by Gasteiger charge is -2.23. The Morgan fingerprint density at radius 1 is 1.40 bits per heavy atom. The second-order valence-corrected chi connectivity index (χ2v) is 2.74. The average Bonchev–Trinajstić information content (AvgIpc) is 2.43. The summed E-state index contributed by atoms with van der Waals surface area (Å²) in [6.07, 6.45) is 1.22. The molecule has 0 radical (unpaired) electrons. The molecule has 0 saturated carbocycles. The highest BCUT2D eigenvalue weighted by Gasteiger charge is 2.19. The summed E-state index contributed by atoms with van der Waals surface area (Å²) in [6.45, 7) is 8.64.